The van der Waals surface area contributed by atoms with Crippen LogP contribution in [0.3, 0.4) is 0 Å². The van der Waals surface area contributed by atoms with Crippen LogP contribution in [0.25, 0.3) is 5.69 Å². The number of aromatic nitrogens is 2. The first-order valence-electron chi connectivity index (χ1n) is 7.68. The lowest BCUT2D eigenvalue weighted by atomic mass is 10.2. The average molecular weight is 374 g/mol. The van der Waals surface area contributed by atoms with Crippen LogP contribution in [0.2, 0.25) is 5.02 Å². The highest BCUT2D eigenvalue weighted by atomic mass is 35.5. The molecule has 1 atom stereocenters. The molecule has 1 aromatic carbocycles. The van der Waals surface area contributed by atoms with Gasteiger partial charge in [0.2, 0.25) is 0 Å². The number of carbonyl (C=O) groups is 1. The number of nitrogens with zero attached hydrogens (tertiary/aromatic N) is 2. The molecule has 25 heavy (non-hydrogen) atoms. The topological polar surface area (TPSA) is 56.1 Å². The molecule has 0 aliphatic carbocycles. The Morgan fingerprint density at radius 1 is 1.40 bits per heavy atom. The number of halogens is 4. The molecule has 1 amide bonds. The maximum Gasteiger partial charge on any atom is 0.434 e. The van der Waals surface area contributed by atoms with Gasteiger partial charge in [-0.1, -0.05) is 23.7 Å². The van der Waals surface area contributed by atoms with Crippen LogP contribution in [-0.4, -0.2) is 34.9 Å². The smallest absolute Gasteiger partial charge is 0.376 e. The van der Waals surface area contributed by atoms with Crippen LogP contribution >= 0.6 is 11.6 Å². The summed E-state index contributed by atoms with van der Waals surface area (Å²) in [6.07, 6.45) is -2.40. The van der Waals surface area contributed by atoms with Crippen molar-refractivity contribution in [3.05, 3.63) is 46.7 Å². The Balaban J connectivity index is 1.92. The van der Waals surface area contributed by atoms with E-state index in [2.05, 4.69) is 10.4 Å². The van der Waals surface area contributed by atoms with Crippen LogP contribution in [0.5, 0.6) is 0 Å². The van der Waals surface area contributed by atoms with Crippen LogP contribution in [0.1, 0.15) is 28.9 Å². The van der Waals surface area contributed by atoms with Gasteiger partial charge in [-0.05, 0) is 25.0 Å². The first-order chi connectivity index (χ1) is 11.9. The van der Waals surface area contributed by atoms with E-state index in [1.165, 1.54) is 12.1 Å². The molecule has 1 aromatic heterocycles. The average Bonchev–Trinajstić information content (AvgIpc) is 3.22. The van der Waals surface area contributed by atoms with Gasteiger partial charge >= 0.3 is 6.18 Å². The summed E-state index contributed by atoms with van der Waals surface area (Å²) in [6, 6.07) is 5.99. The second kappa shape index (κ2) is 7.05. The van der Waals surface area contributed by atoms with Crippen molar-refractivity contribution in [1.29, 1.82) is 0 Å². The van der Waals surface area contributed by atoms with E-state index >= 15 is 0 Å². The number of rotatable bonds is 4. The van der Waals surface area contributed by atoms with Crippen molar-refractivity contribution in [1.82, 2.24) is 15.1 Å². The molecule has 1 fully saturated rings. The van der Waals surface area contributed by atoms with Gasteiger partial charge < -0.3 is 10.1 Å². The minimum absolute atomic E-state index is 0.0506. The Kier molecular flexibility index (Phi) is 5.01. The Bertz CT molecular complexity index is 770. The minimum atomic E-state index is -4.77. The fourth-order valence-electron chi connectivity index (χ4n) is 2.70. The van der Waals surface area contributed by atoms with E-state index in [1.54, 1.807) is 12.1 Å². The van der Waals surface area contributed by atoms with Crippen molar-refractivity contribution in [2.24, 2.45) is 0 Å². The van der Waals surface area contributed by atoms with Crippen LogP contribution in [-0.2, 0) is 10.9 Å². The van der Waals surface area contributed by atoms with E-state index in [9.17, 15) is 18.0 Å². The number of carbonyl (C=O) groups excluding carboxylic acids is 1. The second-order valence-electron chi connectivity index (χ2n) is 5.61. The number of nitrogens with one attached hydrogen (secondary N) is 1. The van der Waals surface area contributed by atoms with Crippen LogP contribution < -0.4 is 5.32 Å². The third-order valence-corrected chi connectivity index (χ3v) is 4.20. The lowest BCUT2D eigenvalue weighted by Crippen LogP contribution is -2.33. The lowest BCUT2D eigenvalue weighted by Gasteiger charge is -2.14. The largest absolute Gasteiger partial charge is 0.434 e. The van der Waals surface area contributed by atoms with Gasteiger partial charge in [0, 0.05) is 13.2 Å². The van der Waals surface area contributed by atoms with Crippen molar-refractivity contribution < 1.29 is 22.7 Å². The molecule has 0 spiro atoms. The molecule has 0 bridgehead atoms. The fraction of sp³-hybridized carbons (Fsp3) is 0.375. The van der Waals surface area contributed by atoms with Gasteiger partial charge in [0.15, 0.2) is 5.69 Å². The molecular formula is C16H15ClF3N3O2. The number of amides is 1. The van der Waals surface area contributed by atoms with E-state index in [0.717, 1.165) is 19.0 Å². The number of benzene rings is 1. The zero-order chi connectivity index (χ0) is 18.0. The molecule has 1 aliphatic rings. The maximum absolute atomic E-state index is 13.6. The van der Waals surface area contributed by atoms with E-state index in [1.807, 2.05) is 0 Å². The molecular weight excluding hydrogens is 359 g/mol. The van der Waals surface area contributed by atoms with Crippen LogP contribution in [0.4, 0.5) is 13.2 Å². The number of hydrogen-bond acceptors (Lipinski definition) is 3. The summed E-state index contributed by atoms with van der Waals surface area (Å²) in [7, 11) is 0. The molecule has 2 aromatic rings. The molecule has 3 rings (SSSR count). The van der Waals surface area contributed by atoms with Gasteiger partial charge in [-0.25, -0.2) is 4.68 Å². The van der Waals surface area contributed by atoms with Crippen molar-refractivity contribution in [3.8, 4) is 5.69 Å². The number of hydrogen-bond donors (Lipinski definition) is 1. The normalized spacial score (nSPS) is 17.7. The number of alkyl halides is 3. The quantitative estimate of drug-likeness (QED) is 0.893. The minimum Gasteiger partial charge on any atom is -0.376 e. The van der Waals surface area contributed by atoms with Gasteiger partial charge in [-0.2, -0.15) is 18.3 Å². The molecule has 134 valence electrons. The highest BCUT2D eigenvalue weighted by Gasteiger charge is 2.41. The molecule has 0 saturated carbocycles. The predicted octanol–water partition coefficient (Wildman–Crippen LogP) is 3.45. The molecule has 1 aliphatic heterocycles. The van der Waals surface area contributed by atoms with Crippen molar-refractivity contribution in [3.63, 3.8) is 0 Å². The van der Waals surface area contributed by atoms with Crippen molar-refractivity contribution >= 4 is 17.5 Å². The molecule has 5 nitrogen and oxygen atoms in total. The van der Waals surface area contributed by atoms with Crippen LogP contribution in [0.15, 0.2) is 30.5 Å². The van der Waals surface area contributed by atoms with Crippen molar-refractivity contribution in [2.75, 3.05) is 13.2 Å². The Labute approximate surface area is 146 Å². The van der Waals surface area contributed by atoms with Crippen LogP contribution in [0, 0.1) is 0 Å². The second-order valence-corrected chi connectivity index (χ2v) is 6.02. The third-order valence-electron chi connectivity index (χ3n) is 3.88. The summed E-state index contributed by atoms with van der Waals surface area (Å²) in [5.74, 6) is -0.846. The van der Waals surface area contributed by atoms with Crippen molar-refractivity contribution in [2.45, 2.75) is 25.1 Å². The SMILES string of the molecule is O=C(NC[C@H]1CCCO1)c1cnn(-c2ccccc2Cl)c1C(F)(F)F. The summed E-state index contributed by atoms with van der Waals surface area (Å²) >= 11 is 5.97. The van der Waals surface area contributed by atoms with E-state index in [-0.39, 0.29) is 23.4 Å². The van der Waals surface area contributed by atoms with Gasteiger partial charge in [0.25, 0.3) is 5.91 Å². The molecule has 0 unspecified atom stereocenters. The summed E-state index contributed by atoms with van der Waals surface area (Å²) in [5.41, 5.74) is -1.66. The molecule has 1 N–H and O–H groups in total. The summed E-state index contributed by atoms with van der Waals surface area (Å²) in [5, 5.41) is 6.32. The third kappa shape index (κ3) is 3.80. The molecule has 0 radical (unpaired) electrons. The van der Waals surface area contributed by atoms with Gasteiger partial charge in [-0.3, -0.25) is 4.79 Å². The Morgan fingerprint density at radius 3 is 2.80 bits per heavy atom. The predicted molar refractivity (Wildman–Crippen MR) is 84.9 cm³/mol. The molecule has 9 heteroatoms. The number of ether oxygens (including phenoxy) is 1. The summed E-state index contributed by atoms with van der Waals surface area (Å²) in [4.78, 5) is 12.2. The van der Waals surface area contributed by atoms with Gasteiger partial charge in [0.1, 0.15) is 0 Å². The van der Waals surface area contributed by atoms with E-state index < -0.39 is 23.3 Å². The van der Waals surface area contributed by atoms with Gasteiger partial charge in [0.05, 0.1) is 28.6 Å². The van der Waals surface area contributed by atoms with E-state index in [4.69, 9.17) is 16.3 Å². The first kappa shape index (κ1) is 17.8. The zero-order valence-electron chi connectivity index (χ0n) is 13.0. The first-order valence-corrected chi connectivity index (χ1v) is 8.05. The summed E-state index contributed by atoms with van der Waals surface area (Å²) < 4.78 is 46.7. The highest BCUT2D eigenvalue weighted by Crippen LogP contribution is 2.35. The Morgan fingerprint density at radius 2 is 2.16 bits per heavy atom. The fourth-order valence-corrected chi connectivity index (χ4v) is 2.92. The lowest BCUT2D eigenvalue weighted by molar-refractivity contribution is -0.143. The zero-order valence-corrected chi connectivity index (χ0v) is 13.8. The number of para-hydroxylation sites is 1. The van der Waals surface area contributed by atoms with E-state index in [0.29, 0.717) is 11.3 Å². The van der Waals surface area contributed by atoms with Gasteiger partial charge in [-0.15, -0.1) is 0 Å². The summed E-state index contributed by atoms with van der Waals surface area (Å²) in [6.45, 7) is 0.756. The highest BCUT2D eigenvalue weighted by molar-refractivity contribution is 6.32. The molecule has 1 saturated heterocycles. The standard InChI is InChI=1S/C16H15ClF3N3O2/c17-12-5-1-2-6-13(12)23-14(16(18,19)20)11(9-22-23)15(24)21-8-10-4-3-7-25-10/h1-2,5-6,9-10H,3-4,7-8H2,(H,21,24)/t10-/m1/s1. The molecule has 2 heterocycles. The monoisotopic (exact) mass is 373 g/mol. The maximum atomic E-state index is 13.6. The Hall–Kier alpha value is -2.06.